The van der Waals surface area contributed by atoms with Crippen LogP contribution in [0.1, 0.15) is 136 Å². The smallest absolute Gasteiger partial charge is 0.260 e. The molecule has 0 bridgehead atoms. The van der Waals surface area contributed by atoms with Crippen molar-refractivity contribution in [1.29, 1.82) is 0 Å². The van der Waals surface area contributed by atoms with Crippen molar-refractivity contribution < 1.29 is 43.0 Å². The maximum atomic E-state index is 15.5. The molecular weight excluding hydrogens is 703 g/mol. The molecule has 11 heteroatoms. The van der Waals surface area contributed by atoms with Crippen molar-refractivity contribution in [3.05, 3.63) is 51.3 Å². The lowest BCUT2D eigenvalue weighted by atomic mass is 9.60. The van der Waals surface area contributed by atoms with Crippen molar-refractivity contribution >= 4 is 30.7 Å². The Balaban J connectivity index is 1.52. The highest BCUT2D eigenvalue weighted by atomic mass is 28.4. The fourth-order valence-corrected chi connectivity index (χ4v) is 10.6. The van der Waals surface area contributed by atoms with E-state index < -0.39 is 42.9 Å². The van der Waals surface area contributed by atoms with Crippen molar-refractivity contribution in [2.75, 3.05) is 20.3 Å². The Labute approximate surface area is 319 Å². The number of ketones is 2. The van der Waals surface area contributed by atoms with Gasteiger partial charge < -0.3 is 33.4 Å². The molecule has 4 aliphatic rings. The number of carbonyl (C=O) groups excluding carboxylic acids is 2. The number of fused-ring (bicyclic) bond motifs is 5. The van der Waals surface area contributed by atoms with Gasteiger partial charge in [0, 0.05) is 34.4 Å². The first-order valence-electron chi connectivity index (χ1n) is 19.8. The molecule has 1 unspecified atom stereocenters. The highest BCUT2D eigenvalue weighted by Gasteiger charge is 2.66. The predicted octanol–water partition coefficient (Wildman–Crippen LogP) is 9.12. The molecule has 2 N–H and O–H groups in total. The molecule has 7 rings (SSSR count). The number of aromatic nitrogens is 1. The Kier molecular flexibility index (Phi) is 9.66. The number of nitrogens with zero attached hydrogens (tertiary/aromatic N) is 1. The van der Waals surface area contributed by atoms with E-state index in [4.69, 9.17) is 23.2 Å². The maximum Gasteiger partial charge on any atom is 0.260 e. The number of rotatable bonds is 11. The van der Waals surface area contributed by atoms with Gasteiger partial charge in [-0.2, -0.15) is 0 Å². The van der Waals surface area contributed by atoms with Gasteiger partial charge in [-0.05, 0) is 73.8 Å². The highest BCUT2D eigenvalue weighted by molar-refractivity contribution is 6.74. The second kappa shape index (κ2) is 13.5. The van der Waals surface area contributed by atoms with E-state index in [1.54, 1.807) is 7.11 Å². The molecule has 292 valence electrons. The van der Waals surface area contributed by atoms with Crippen LogP contribution in [0.2, 0.25) is 18.1 Å². The van der Waals surface area contributed by atoms with Crippen LogP contribution in [0.3, 0.4) is 0 Å². The topological polar surface area (TPSA) is 138 Å². The lowest BCUT2D eigenvalue weighted by molar-refractivity contribution is -0.0833. The number of unbranched alkanes of at least 4 members (excludes halogenated alkanes) is 2. The molecule has 54 heavy (non-hydrogen) atoms. The summed E-state index contributed by atoms with van der Waals surface area (Å²) in [5, 5.41) is 30.8. The summed E-state index contributed by atoms with van der Waals surface area (Å²) in [5.74, 6) is -1.12. The quantitative estimate of drug-likeness (QED) is 0.111. The maximum absolute atomic E-state index is 15.5. The van der Waals surface area contributed by atoms with Crippen molar-refractivity contribution in [3.63, 3.8) is 0 Å². The van der Waals surface area contributed by atoms with E-state index in [1.165, 1.54) is 5.57 Å². The number of hydrogen-bond acceptors (Lipinski definition) is 10. The highest BCUT2D eigenvalue weighted by Crippen LogP contribution is 2.63. The van der Waals surface area contributed by atoms with E-state index in [-0.39, 0.29) is 40.1 Å². The van der Waals surface area contributed by atoms with E-state index in [0.29, 0.717) is 58.8 Å². The number of ether oxygens (including phenoxy) is 3. The summed E-state index contributed by atoms with van der Waals surface area (Å²) < 4.78 is 31.5. The van der Waals surface area contributed by atoms with Crippen LogP contribution in [-0.2, 0) is 22.7 Å². The number of aromatic hydroxyl groups is 1. The number of methoxy groups -OCH3 is 1. The van der Waals surface area contributed by atoms with Gasteiger partial charge in [-0.15, -0.1) is 0 Å². The van der Waals surface area contributed by atoms with Crippen molar-refractivity contribution in [3.8, 4) is 23.1 Å². The summed E-state index contributed by atoms with van der Waals surface area (Å²) in [4.78, 5) is 30.9. The first-order valence-corrected chi connectivity index (χ1v) is 22.7. The van der Waals surface area contributed by atoms with E-state index in [1.807, 2.05) is 19.2 Å². The molecule has 0 amide bonds. The Morgan fingerprint density at radius 2 is 1.72 bits per heavy atom. The van der Waals surface area contributed by atoms with Gasteiger partial charge in [0.1, 0.15) is 29.1 Å². The Morgan fingerprint density at radius 3 is 2.35 bits per heavy atom. The van der Waals surface area contributed by atoms with Crippen LogP contribution in [0, 0.1) is 11.8 Å². The molecule has 4 aliphatic carbocycles. The number of benzene rings is 2. The molecule has 0 fully saturated rings. The van der Waals surface area contributed by atoms with Crippen molar-refractivity contribution in [1.82, 2.24) is 5.16 Å². The van der Waals surface area contributed by atoms with Crippen LogP contribution < -0.4 is 14.2 Å². The zero-order valence-electron chi connectivity index (χ0n) is 33.7. The minimum absolute atomic E-state index is 0.0770. The minimum Gasteiger partial charge on any atom is -0.506 e. The number of phenols is 1. The zero-order chi connectivity index (χ0) is 39.1. The molecule has 5 atom stereocenters. The largest absolute Gasteiger partial charge is 0.506 e. The molecule has 1 spiro atoms. The summed E-state index contributed by atoms with van der Waals surface area (Å²) in [7, 11) is -1.12. The van der Waals surface area contributed by atoms with Crippen LogP contribution in [-0.4, -0.2) is 61.2 Å². The SMILES string of the molecule is CCCCOc1noc2c1[C@@H](O[Si](C)(C)C(C)(C)C)[C@@]1(O)C(=O)c3c(c4c5c(c(OC)cc(OCCCC)c5c3O)[C@]3(C4)C(C)=CCCC3C)C(=O)[C@H]1C2. The van der Waals surface area contributed by atoms with Gasteiger partial charge in [0.05, 0.1) is 42.8 Å². The number of carbonyl (C=O) groups is 2. The Bertz CT molecular complexity index is 2060. The Morgan fingerprint density at radius 1 is 1.04 bits per heavy atom. The van der Waals surface area contributed by atoms with Gasteiger partial charge in [0.15, 0.2) is 19.7 Å². The molecule has 1 aromatic heterocycles. The third kappa shape index (κ3) is 5.34. The number of aliphatic hydroxyl groups is 1. The molecule has 10 nitrogen and oxygen atoms in total. The van der Waals surface area contributed by atoms with Crippen LogP contribution in [0.15, 0.2) is 22.2 Å². The fraction of sp³-hybridized carbons (Fsp3) is 0.605. The normalized spacial score (nSPS) is 26.1. The third-order valence-electron chi connectivity index (χ3n) is 13.5. The summed E-state index contributed by atoms with van der Waals surface area (Å²) in [6.45, 7) is 19.5. The first kappa shape index (κ1) is 38.6. The van der Waals surface area contributed by atoms with Crippen LogP contribution in [0.5, 0.6) is 23.1 Å². The Hall–Kier alpha value is -3.67. The molecule has 0 saturated heterocycles. The zero-order valence-corrected chi connectivity index (χ0v) is 34.7. The van der Waals surface area contributed by atoms with E-state index in [0.717, 1.165) is 44.1 Å². The van der Waals surface area contributed by atoms with Crippen molar-refractivity contribution in [2.24, 2.45) is 11.8 Å². The number of hydrogen-bond donors (Lipinski definition) is 2. The molecule has 0 radical (unpaired) electrons. The van der Waals surface area contributed by atoms with Crippen LogP contribution >= 0.6 is 0 Å². The number of phenolic OH excluding ortho intramolecular Hbond substituents is 1. The first-order chi connectivity index (χ1) is 25.5. The monoisotopic (exact) mass is 759 g/mol. The fourth-order valence-electron chi connectivity index (χ4n) is 9.34. The predicted molar refractivity (Wildman–Crippen MR) is 209 cm³/mol. The third-order valence-corrected chi connectivity index (χ3v) is 18.0. The molecule has 0 saturated carbocycles. The van der Waals surface area contributed by atoms with Crippen molar-refractivity contribution in [2.45, 2.75) is 135 Å². The standard InChI is InChI=1S/C43H57NO9Si/c1-11-13-18-50-27-21-29(49-8)35-30-25(22-42(35)23(3)16-15-17-24(42)4)31-34(37(46)32(27)30)38(47)43(48)26(36(31)45)20-28-33(40(44-52-28)51-19-14-12-2)39(43)53-54(9,10)41(5,6)7/h16,21,24,26,39,46,48H,11-15,17-20,22H2,1-10H3/t24?,26-,39-,42-,43+/m1/s1. The summed E-state index contributed by atoms with van der Waals surface area (Å²) in [5.41, 5.74) is 0.168. The van der Waals surface area contributed by atoms with Gasteiger partial charge >= 0.3 is 0 Å². The van der Waals surface area contributed by atoms with Gasteiger partial charge in [0.25, 0.3) is 5.88 Å². The molecule has 0 aliphatic heterocycles. The lowest BCUT2D eigenvalue weighted by Gasteiger charge is -2.49. The van der Waals surface area contributed by atoms with Gasteiger partial charge in [-0.1, -0.05) is 66.0 Å². The van der Waals surface area contributed by atoms with Gasteiger partial charge in [-0.25, -0.2) is 0 Å². The molecular formula is C43H57NO9Si. The summed E-state index contributed by atoms with van der Waals surface area (Å²) >= 11 is 0. The second-order valence-corrected chi connectivity index (χ2v) is 22.3. The molecule has 2 aromatic carbocycles. The molecule has 1 heterocycles. The van der Waals surface area contributed by atoms with E-state index >= 15 is 9.59 Å². The average Bonchev–Trinajstić information content (AvgIpc) is 3.69. The number of allylic oxidation sites excluding steroid dienone is 2. The van der Waals surface area contributed by atoms with E-state index in [2.05, 4.69) is 59.7 Å². The van der Waals surface area contributed by atoms with Crippen LogP contribution in [0.25, 0.3) is 10.8 Å². The minimum atomic E-state index is -2.76. The summed E-state index contributed by atoms with van der Waals surface area (Å²) in [6.07, 6.45) is 6.49. The second-order valence-electron chi connectivity index (χ2n) is 17.6. The lowest BCUT2D eigenvalue weighted by Crippen LogP contribution is -2.62. The average molecular weight is 760 g/mol. The van der Waals surface area contributed by atoms with E-state index in [9.17, 15) is 10.2 Å². The van der Waals surface area contributed by atoms with Crippen LogP contribution in [0.4, 0.5) is 0 Å². The summed E-state index contributed by atoms with van der Waals surface area (Å²) in [6, 6.07) is 1.82. The van der Waals surface area contributed by atoms with Gasteiger partial charge in [0.2, 0.25) is 5.78 Å². The number of Topliss-reactive ketones (excluding diaryl/α,β-unsaturated/α-hetero) is 2. The van der Waals surface area contributed by atoms with Gasteiger partial charge in [-0.3, -0.25) is 9.59 Å². The molecule has 3 aromatic rings.